The van der Waals surface area contributed by atoms with Gasteiger partial charge in [0.25, 0.3) is 0 Å². The third-order valence-electron chi connectivity index (χ3n) is 2.54. The summed E-state index contributed by atoms with van der Waals surface area (Å²) < 4.78 is 5.37. The van der Waals surface area contributed by atoms with E-state index >= 15 is 0 Å². The minimum Gasteiger partial charge on any atom is -0.494 e. The standard InChI is InChI=1S/C13H21NO2/c1-2-16-12-8-6-11(7-9-12)13(14)5-3-4-10-15/h6-9,13,15H,2-5,10,14H2,1H3. The highest BCUT2D eigenvalue weighted by Gasteiger charge is 2.05. The number of aliphatic hydroxyl groups is 1. The van der Waals surface area contributed by atoms with Crippen molar-refractivity contribution in [3.05, 3.63) is 29.8 Å². The van der Waals surface area contributed by atoms with Gasteiger partial charge >= 0.3 is 0 Å². The van der Waals surface area contributed by atoms with Crippen molar-refractivity contribution >= 4 is 0 Å². The summed E-state index contributed by atoms with van der Waals surface area (Å²) in [5.41, 5.74) is 7.16. The van der Waals surface area contributed by atoms with Gasteiger partial charge in [0.15, 0.2) is 0 Å². The van der Waals surface area contributed by atoms with Crippen LogP contribution < -0.4 is 10.5 Å². The molecule has 1 aromatic carbocycles. The van der Waals surface area contributed by atoms with Gasteiger partial charge in [-0.2, -0.15) is 0 Å². The van der Waals surface area contributed by atoms with Gasteiger partial charge in [-0.15, -0.1) is 0 Å². The average Bonchev–Trinajstić information content (AvgIpc) is 2.30. The minimum atomic E-state index is 0.0576. The molecule has 1 atom stereocenters. The summed E-state index contributed by atoms with van der Waals surface area (Å²) in [4.78, 5) is 0. The van der Waals surface area contributed by atoms with Crippen LogP contribution in [0.15, 0.2) is 24.3 Å². The summed E-state index contributed by atoms with van der Waals surface area (Å²) in [6.07, 6.45) is 2.70. The zero-order chi connectivity index (χ0) is 11.8. The Bertz CT molecular complexity index is 284. The van der Waals surface area contributed by atoms with Crippen molar-refractivity contribution in [3.8, 4) is 5.75 Å². The Labute approximate surface area is 97.2 Å². The van der Waals surface area contributed by atoms with Crippen molar-refractivity contribution in [2.45, 2.75) is 32.2 Å². The predicted molar refractivity (Wildman–Crippen MR) is 65.5 cm³/mol. The number of benzene rings is 1. The second-order valence-electron chi connectivity index (χ2n) is 3.83. The molecule has 0 saturated carbocycles. The monoisotopic (exact) mass is 223 g/mol. The number of rotatable bonds is 7. The van der Waals surface area contributed by atoms with Crippen LogP contribution in [0.4, 0.5) is 0 Å². The first-order valence-electron chi connectivity index (χ1n) is 5.87. The molecule has 0 bridgehead atoms. The van der Waals surface area contributed by atoms with Gasteiger partial charge in [0.05, 0.1) is 6.61 Å². The number of hydrogen-bond donors (Lipinski definition) is 2. The van der Waals surface area contributed by atoms with Crippen molar-refractivity contribution in [1.29, 1.82) is 0 Å². The van der Waals surface area contributed by atoms with Crippen LogP contribution in [0.2, 0.25) is 0 Å². The van der Waals surface area contributed by atoms with Gasteiger partial charge in [0.1, 0.15) is 5.75 Å². The molecule has 90 valence electrons. The van der Waals surface area contributed by atoms with E-state index in [1.54, 1.807) is 0 Å². The molecule has 3 N–H and O–H groups in total. The summed E-state index contributed by atoms with van der Waals surface area (Å²) >= 11 is 0. The van der Waals surface area contributed by atoms with E-state index in [1.165, 1.54) is 0 Å². The molecule has 0 fully saturated rings. The van der Waals surface area contributed by atoms with Crippen LogP contribution in [0.1, 0.15) is 37.8 Å². The molecule has 3 nitrogen and oxygen atoms in total. The normalized spacial score (nSPS) is 12.4. The van der Waals surface area contributed by atoms with Crippen LogP contribution in [-0.2, 0) is 0 Å². The van der Waals surface area contributed by atoms with E-state index in [1.807, 2.05) is 31.2 Å². The maximum atomic E-state index is 8.69. The SMILES string of the molecule is CCOc1ccc(C(N)CCCCO)cc1. The third-order valence-corrected chi connectivity index (χ3v) is 2.54. The maximum absolute atomic E-state index is 8.69. The van der Waals surface area contributed by atoms with Gasteiger partial charge in [0.2, 0.25) is 0 Å². The number of aliphatic hydroxyl groups excluding tert-OH is 1. The van der Waals surface area contributed by atoms with Crippen molar-refractivity contribution in [2.24, 2.45) is 5.73 Å². The van der Waals surface area contributed by atoms with Gasteiger partial charge in [-0.25, -0.2) is 0 Å². The Hall–Kier alpha value is -1.06. The first-order valence-corrected chi connectivity index (χ1v) is 5.87. The first-order chi connectivity index (χ1) is 7.77. The molecule has 0 heterocycles. The van der Waals surface area contributed by atoms with Gasteiger partial charge in [-0.05, 0) is 43.9 Å². The quantitative estimate of drug-likeness (QED) is 0.697. The lowest BCUT2D eigenvalue weighted by Crippen LogP contribution is -2.10. The van der Waals surface area contributed by atoms with E-state index in [0.717, 1.165) is 30.6 Å². The Kier molecular flexibility index (Phi) is 5.90. The molecule has 0 aliphatic heterocycles. The van der Waals surface area contributed by atoms with E-state index in [2.05, 4.69) is 0 Å². The fraction of sp³-hybridized carbons (Fsp3) is 0.538. The molecule has 0 aliphatic carbocycles. The van der Waals surface area contributed by atoms with E-state index < -0.39 is 0 Å². The predicted octanol–water partition coefficient (Wildman–Crippen LogP) is 2.25. The van der Waals surface area contributed by atoms with Crippen LogP contribution in [0.3, 0.4) is 0 Å². The third kappa shape index (κ3) is 4.21. The topological polar surface area (TPSA) is 55.5 Å². The van der Waals surface area contributed by atoms with Crippen LogP contribution in [0.25, 0.3) is 0 Å². The number of ether oxygens (including phenoxy) is 1. The molecule has 0 aromatic heterocycles. The molecular formula is C13H21NO2. The number of nitrogens with two attached hydrogens (primary N) is 1. The molecule has 0 spiro atoms. The smallest absolute Gasteiger partial charge is 0.119 e. The molecule has 0 saturated heterocycles. The summed E-state index contributed by atoms with van der Waals surface area (Å²) in [6.45, 7) is 2.90. The van der Waals surface area contributed by atoms with E-state index in [-0.39, 0.29) is 12.6 Å². The van der Waals surface area contributed by atoms with Crippen molar-refractivity contribution in [1.82, 2.24) is 0 Å². The summed E-state index contributed by atoms with van der Waals surface area (Å²) in [6, 6.07) is 7.97. The molecule has 3 heteroatoms. The highest BCUT2D eigenvalue weighted by atomic mass is 16.5. The molecule has 1 rings (SSSR count). The summed E-state index contributed by atoms with van der Waals surface area (Å²) in [5.74, 6) is 0.883. The van der Waals surface area contributed by atoms with Crippen molar-refractivity contribution in [3.63, 3.8) is 0 Å². The lowest BCUT2D eigenvalue weighted by molar-refractivity contribution is 0.281. The van der Waals surface area contributed by atoms with Crippen molar-refractivity contribution < 1.29 is 9.84 Å². The lowest BCUT2D eigenvalue weighted by Gasteiger charge is -2.12. The molecular weight excluding hydrogens is 202 g/mol. The molecule has 1 unspecified atom stereocenters. The second-order valence-corrected chi connectivity index (χ2v) is 3.83. The Balaban J connectivity index is 2.46. The highest BCUT2D eigenvalue weighted by molar-refractivity contribution is 5.28. The molecule has 0 amide bonds. The van der Waals surface area contributed by atoms with Gasteiger partial charge in [-0.1, -0.05) is 12.1 Å². The molecule has 16 heavy (non-hydrogen) atoms. The zero-order valence-corrected chi connectivity index (χ0v) is 9.86. The van der Waals surface area contributed by atoms with Crippen LogP contribution in [-0.4, -0.2) is 18.3 Å². The van der Waals surface area contributed by atoms with E-state index in [9.17, 15) is 0 Å². The number of unbranched alkanes of at least 4 members (excludes halogenated alkanes) is 1. The first kappa shape index (κ1) is 13.0. The van der Waals surface area contributed by atoms with Crippen molar-refractivity contribution in [2.75, 3.05) is 13.2 Å². The van der Waals surface area contributed by atoms with Crippen LogP contribution in [0.5, 0.6) is 5.75 Å². The molecule has 0 radical (unpaired) electrons. The average molecular weight is 223 g/mol. The largest absolute Gasteiger partial charge is 0.494 e. The fourth-order valence-corrected chi connectivity index (χ4v) is 1.62. The zero-order valence-electron chi connectivity index (χ0n) is 9.86. The van der Waals surface area contributed by atoms with E-state index in [0.29, 0.717) is 6.61 Å². The molecule has 1 aromatic rings. The Morgan fingerprint density at radius 3 is 2.50 bits per heavy atom. The Morgan fingerprint density at radius 1 is 1.25 bits per heavy atom. The second kappa shape index (κ2) is 7.25. The Morgan fingerprint density at radius 2 is 1.94 bits per heavy atom. The lowest BCUT2D eigenvalue weighted by atomic mass is 10.0. The summed E-state index contributed by atoms with van der Waals surface area (Å²) in [5, 5.41) is 8.69. The maximum Gasteiger partial charge on any atom is 0.119 e. The highest BCUT2D eigenvalue weighted by Crippen LogP contribution is 2.20. The fourth-order valence-electron chi connectivity index (χ4n) is 1.62. The van der Waals surface area contributed by atoms with Crippen LogP contribution in [0, 0.1) is 0 Å². The summed E-state index contributed by atoms with van der Waals surface area (Å²) in [7, 11) is 0. The van der Waals surface area contributed by atoms with Crippen LogP contribution >= 0.6 is 0 Å². The van der Waals surface area contributed by atoms with Gasteiger partial charge < -0.3 is 15.6 Å². The van der Waals surface area contributed by atoms with Gasteiger partial charge in [-0.3, -0.25) is 0 Å². The van der Waals surface area contributed by atoms with E-state index in [4.69, 9.17) is 15.6 Å². The molecule has 0 aliphatic rings. The minimum absolute atomic E-state index is 0.0576. The van der Waals surface area contributed by atoms with Gasteiger partial charge in [0, 0.05) is 12.6 Å². The number of hydrogen-bond acceptors (Lipinski definition) is 3.